The lowest BCUT2D eigenvalue weighted by atomic mass is 10.1. The van der Waals surface area contributed by atoms with Crippen molar-refractivity contribution < 1.29 is 9.47 Å². The molecule has 0 spiro atoms. The Bertz CT molecular complexity index is 121. The molecule has 1 rings (SSSR count). The quantitative estimate of drug-likeness (QED) is 0.352. The highest BCUT2D eigenvalue weighted by Gasteiger charge is 2.07. The van der Waals surface area contributed by atoms with E-state index in [1.54, 1.807) is 0 Å². The van der Waals surface area contributed by atoms with E-state index in [9.17, 15) is 0 Å². The van der Waals surface area contributed by atoms with Gasteiger partial charge in [-0.2, -0.15) is 0 Å². The fraction of sp³-hybridized carbons (Fsp3) is 0.778. The van der Waals surface area contributed by atoms with Crippen LogP contribution in [0, 0.1) is 0 Å². The van der Waals surface area contributed by atoms with Gasteiger partial charge in [0.25, 0.3) is 0 Å². The van der Waals surface area contributed by atoms with Crippen LogP contribution in [0.5, 0.6) is 0 Å². The molecule has 0 bridgehead atoms. The Morgan fingerprint density at radius 2 is 2.45 bits per heavy atom. The molecule has 1 atom stereocenters. The van der Waals surface area contributed by atoms with E-state index >= 15 is 0 Å². The van der Waals surface area contributed by atoms with Crippen LogP contribution in [-0.4, -0.2) is 19.5 Å². The molecule has 0 saturated carbocycles. The van der Waals surface area contributed by atoms with Crippen LogP contribution in [0.2, 0.25) is 0 Å². The monoisotopic (exact) mass is 156 g/mol. The second-order valence-corrected chi connectivity index (χ2v) is 2.67. The highest BCUT2D eigenvalue weighted by molar-refractivity contribution is 4.93. The minimum atomic E-state index is 0.301. The molecule has 0 radical (unpaired) electrons. The van der Waals surface area contributed by atoms with Crippen molar-refractivity contribution in [2.75, 3.05) is 13.4 Å². The van der Waals surface area contributed by atoms with E-state index < -0.39 is 0 Å². The van der Waals surface area contributed by atoms with Crippen LogP contribution in [0.25, 0.3) is 0 Å². The third kappa shape index (κ3) is 3.54. The van der Waals surface area contributed by atoms with Crippen LogP contribution in [0.3, 0.4) is 0 Å². The minimum Gasteiger partial charge on any atom is -0.356 e. The number of ether oxygens (including phenoxy) is 2. The van der Waals surface area contributed by atoms with Gasteiger partial charge in [-0.05, 0) is 26.2 Å². The van der Waals surface area contributed by atoms with E-state index in [4.69, 9.17) is 9.47 Å². The van der Waals surface area contributed by atoms with E-state index in [1.165, 1.54) is 12.8 Å². The molecule has 2 nitrogen and oxygen atoms in total. The summed E-state index contributed by atoms with van der Waals surface area (Å²) in [7, 11) is 0. The van der Waals surface area contributed by atoms with Gasteiger partial charge >= 0.3 is 0 Å². The highest BCUT2D eigenvalue weighted by Crippen LogP contribution is 2.12. The minimum absolute atomic E-state index is 0.301. The normalized spacial score (nSPS) is 23.9. The van der Waals surface area contributed by atoms with E-state index in [-0.39, 0.29) is 0 Å². The zero-order valence-electron chi connectivity index (χ0n) is 7.08. The van der Waals surface area contributed by atoms with E-state index in [1.807, 2.05) is 6.92 Å². The molecule has 0 N–H and O–H groups in total. The first kappa shape index (κ1) is 8.75. The molecule has 64 valence electrons. The number of hydrogen-bond donors (Lipinski definition) is 0. The van der Waals surface area contributed by atoms with Crippen molar-refractivity contribution in [2.24, 2.45) is 0 Å². The average molecular weight is 156 g/mol. The van der Waals surface area contributed by atoms with Gasteiger partial charge in [-0.1, -0.05) is 12.2 Å². The maximum absolute atomic E-state index is 5.41. The first-order valence-electron chi connectivity index (χ1n) is 4.29. The van der Waals surface area contributed by atoms with Gasteiger partial charge in [-0.3, -0.25) is 0 Å². The van der Waals surface area contributed by atoms with Gasteiger partial charge in [-0.25, -0.2) is 0 Å². The van der Waals surface area contributed by atoms with Crippen molar-refractivity contribution in [1.29, 1.82) is 0 Å². The lowest BCUT2D eigenvalue weighted by Crippen LogP contribution is -2.14. The summed E-state index contributed by atoms with van der Waals surface area (Å²) in [4.78, 5) is 0. The van der Waals surface area contributed by atoms with Crippen molar-refractivity contribution in [1.82, 2.24) is 0 Å². The zero-order valence-corrected chi connectivity index (χ0v) is 7.08. The van der Waals surface area contributed by atoms with Crippen LogP contribution in [-0.2, 0) is 9.47 Å². The Morgan fingerprint density at radius 1 is 1.55 bits per heavy atom. The van der Waals surface area contributed by atoms with E-state index in [0.717, 1.165) is 13.0 Å². The lowest BCUT2D eigenvalue weighted by molar-refractivity contribution is -0.0746. The van der Waals surface area contributed by atoms with Crippen LogP contribution < -0.4 is 0 Å². The van der Waals surface area contributed by atoms with Gasteiger partial charge in [0.1, 0.15) is 6.79 Å². The molecule has 0 aromatic carbocycles. The Morgan fingerprint density at radius 3 is 3.09 bits per heavy atom. The molecule has 0 saturated heterocycles. The SMILES string of the molecule is CCOCOC1C=CCCC1. The molecule has 0 amide bonds. The molecular formula is C9H16O2. The zero-order chi connectivity index (χ0) is 7.94. The molecule has 0 aliphatic heterocycles. The maximum atomic E-state index is 5.41. The summed E-state index contributed by atoms with van der Waals surface area (Å²) in [6, 6.07) is 0. The number of rotatable bonds is 4. The summed E-state index contributed by atoms with van der Waals surface area (Å²) in [5.74, 6) is 0. The number of hydrogen-bond acceptors (Lipinski definition) is 2. The van der Waals surface area contributed by atoms with Crippen molar-refractivity contribution in [3.63, 3.8) is 0 Å². The van der Waals surface area contributed by atoms with Crippen LogP contribution in [0.15, 0.2) is 12.2 Å². The predicted octanol–water partition coefficient (Wildman–Crippen LogP) is 2.11. The molecule has 1 unspecified atom stereocenters. The molecule has 0 heterocycles. The summed E-state index contributed by atoms with van der Waals surface area (Å²) in [6.45, 7) is 3.14. The standard InChI is InChI=1S/C9H16O2/c1-2-10-8-11-9-6-4-3-5-7-9/h4,6,9H,2-3,5,7-8H2,1H3. The summed E-state index contributed by atoms with van der Waals surface area (Å²) in [6.07, 6.45) is 8.20. The average Bonchev–Trinajstić information content (AvgIpc) is 2.07. The fourth-order valence-electron chi connectivity index (χ4n) is 1.14. The van der Waals surface area contributed by atoms with Gasteiger partial charge in [0.05, 0.1) is 6.10 Å². The van der Waals surface area contributed by atoms with Crippen LogP contribution in [0.1, 0.15) is 26.2 Å². The Hall–Kier alpha value is -0.340. The smallest absolute Gasteiger partial charge is 0.147 e. The van der Waals surface area contributed by atoms with Crippen LogP contribution >= 0.6 is 0 Å². The molecule has 1 aliphatic rings. The summed E-state index contributed by atoms with van der Waals surface area (Å²) >= 11 is 0. The third-order valence-corrected chi connectivity index (χ3v) is 1.78. The fourth-order valence-corrected chi connectivity index (χ4v) is 1.14. The third-order valence-electron chi connectivity index (χ3n) is 1.78. The molecule has 1 aliphatic carbocycles. The second-order valence-electron chi connectivity index (χ2n) is 2.67. The summed E-state index contributed by atoms with van der Waals surface area (Å²) in [5.41, 5.74) is 0. The molecule has 2 heteroatoms. The van der Waals surface area contributed by atoms with E-state index in [0.29, 0.717) is 12.9 Å². The highest BCUT2D eigenvalue weighted by atomic mass is 16.7. The van der Waals surface area contributed by atoms with Crippen molar-refractivity contribution in [3.8, 4) is 0 Å². The molecule has 0 aromatic heterocycles. The number of allylic oxidation sites excluding steroid dienone is 1. The molecule has 11 heavy (non-hydrogen) atoms. The largest absolute Gasteiger partial charge is 0.356 e. The predicted molar refractivity (Wildman–Crippen MR) is 44.4 cm³/mol. The lowest BCUT2D eigenvalue weighted by Gasteiger charge is -2.16. The Balaban J connectivity index is 2.05. The van der Waals surface area contributed by atoms with Gasteiger partial charge in [0.15, 0.2) is 0 Å². The van der Waals surface area contributed by atoms with Crippen molar-refractivity contribution >= 4 is 0 Å². The maximum Gasteiger partial charge on any atom is 0.147 e. The van der Waals surface area contributed by atoms with E-state index in [2.05, 4.69) is 12.2 Å². The van der Waals surface area contributed by atoms with Gasteiger partial charge < -0.3 is 9.47 Å². The second kappa shape index (κ2) is 5.33. The van der Waals surface area contributed by atoms with Gasteiger partial charge in [-0.15, -0.1) is 0 Å². The van der Waals surface area contributed by atoms with Crippen molar-refractivity contribution in [3.05, 3.63) is 12.2 Å². The first-order chi connectivity index (χ1) is 5.43. The molecule has 0 aromatic rings. The Labute approximate surface area is 68.2 Å². The summed E-state index contributed by atoms with van der Waals surface area (Å²) in [5, 5.41) is 0. The Kier molecular flexibility index (Phi) is 4.24. The van der Waals surface area contributed by atoms with Gasteiger partial charge in [0, 0.05) is 6.61 Å². The molecule has 0 fully saturated rings. The topological polar surface area (TPSA) is 18.5 Å². The van der Waals surface area contributed by atoms with Crippen molar-refractivity contribution in [2.45, 2.75) is 32.3 Å². The molecular weight excluding hydrogens is 140 g/mol. The van der Waals surface area contributed by atoms with Crippen LogP contribution in [0.4, 0.5) is 0 Å². The first-order valence-corrected chi connectivity index (χ1v) is 4.29. The van der Waals surface area contributed by atoms with Gasteiger partial charge in [0.2, 0.25) is 0 Å². The summed E-state index contributed by atoms with van der Waals surface area (Å²) < 4.78 is 10.5.